The molecule has 1 aliphatic carbocycles. The van der Waals surface area contributed by atoms with E-state index in [-0.39, 0.29) is 11.6 Å². The van der Waals surface area contributed by atoms with Crippen molar-refractivity contribution in [2.75, 3.05) is 5.32 Å². The standard InChI is InChI=1S/C16H18N2O2/c1-18-10-12(5-8-16(18)20)17-15-4-2-3-11-9-13(19)6-7-14(11)15/h5-10,15,17,19H,2-4H2,1H3. The van der Waals surface area contributed by atoms with Crippen molar-refractivity contribution in [3.05, 3.63) is 58.0 Å². The number of anilines is 1. The zero-order chi connectivity index (χ0) is 14.1. The Balaban J connectivity index is 1.89. The van der Waals surface area contributed by atoms with Gasteiger partial charge < -0.3 is 15.0 Å². The molecule has 0 amide bonds. The Hall–Kier alpha value is -2.23. The molecule has 2 N–H and O–H groups in total. The fraction of sp³-hybridized carbons (Fsp3) is 0.312. The Labute approximate surface area is 117 Å². The van der Waals surface area contributed by atoms with Gasteiger partial charge in [-0.15, -0.1) is 0 Å². The van der Waals surface area contributed by atoms with E-state index in [1.165, 1.54) is 11.1 Å². The molecule has 4 heteroatoms. The molecule has 1 aromatic heterocycles. The van der Waals surface area contributed by atoms with Crippen LogP contribution >= 0.6 is 0 Å². The number of fused-ring (bicyclic) bond motifs is 1. The third-order valence-electron chi connectivity index (χ3n) is 3.87. The lowest BCUT2D eigenvalue weighted by atomic mass is 9.87. The van der Waals surface area contributed by atoms with E-state index in [1.54, 1.807) is 23.7 Å². The minimum absolute atomic E-state index is 0.00971. The van der Waals surface area contributed by atoms with Gasteiger partial charge in [-0.25, -0.2) is 0 Å². The van der Waals surface area contributed by atoms with Gasteiger partial charge >= 0.3 is 0 Å². The molecule has 1 atom stereocenters. The molecule has 1 heterocycles. The van der Waals surface area contributed by atoms with E-state index in [2.05, 4.69) is 5.32 Å². The van der Waals surface area contributed by atoms with Crippen molar-refractivity contribution in [3.8, 4) is 5.75 Å². The van der Waals surface area contributed by atoms with Gasteiger partial charge in [-0.05, 0) is 48.6 Å². The van der Waals surface area contributed by atoms with Gasteiger partial charge in [-0.2, -0.15) is 0 Å². The predicted molar refractivity (Wildman–Crippen MR) is 79.1 cm³/mol. The lowest BCUT2D eigenvalue weighted by Gasteiger charge is -2.27. The number of phenols is 1. The van der Waals surface area contributed by atoms with Crippen LogP contribution in [-0.2, 0) is 13.5 Å². The Bertz CT molecular complexity index is 691. The highest BCUT2D eigenvalue weighted by atomic mass is 16.3. The summed E-state index contributed by atoms with van der Waals surface area (Å²) >= 11 is 0. The Morgan fingerprint density at radius 1 is 1.30 bits per heavy atom. The number of hydrogen-bond donors (Lipinski definition) is 2. The van der Waals surface area contributed by atoms with Crippen LogP contribution in [0.3, 0.4) is 0 Å². The maximum atomic E-state index is 11.4. The molecule has 0 aliphatic heterocycles. The number of nitrogens with zero attached hydrogens (tertiary/aromatic N) is 1. The van der Waals surface area contributed by atoms with Crippen LogP contribution in [0.2, 0.25) is 0 Å². The molecule has 0 radical (unpaired) electrons. The first kappa shape index (κ1) is 12.8. The maximum Gasteiger partial charge on any atom is 0.250 e. The molecule has 0 bridgehead atoms. The molecule has 2 aromatic rings. The number of rotatable bonds is 2. The Kier molecular flexibility index (Phi) is 3.22. The van der Waals surface area contributed by atoms with Gasteiger partial charge in [0.2, 0.25) is 5.56 Å². The second kappa shape index (κ2) is 5.04. The highest BCUT2D eigenvalue weighted by molar-refractivity contribution is 5.47. The minimum atomic E-state index is -0.00971. The van der Waals surface area contributed by atoms with E-state index in [1.807, 2.05) is 24.4 Å². The third kappa shape index (κ3) is 2.41. The number of benzene rings is 1. The first-order valence-corrected chi connectivity index (χ1v) is 6.88. The molecule has 0 saturated heterocycles. The molecule has 3 rings (SSSR count). The van der Waals surface area contributed by atoms with Gasteiger partial charge in [-0.1, -0.05) is 6.07 Å². The van der Waals surface area contributed by atoms with Gasteiger partial charge in [0, 0.05) is 19.3 Å². The lowest BCUT2D eigenvalue weighted by molar-refractivity contribution is 0.472. The topological polar surface area (TPSA) is 54.3 Å². The molecule has 1 unspecified atom stereocenters. The van der Waals surface area contributed by atoms with Crippen LogP contribution in [0.4, 0.5) is 5.69 Å². The number of aryl methyl sites for hydroxylation is 2. The average molecular weight is 270 g/mol. The van der Waals surface area contributed by atoms with Crippen LogP contribution in [0.25, 0.3) is 0 Å². The minimum Gasteiger partial charge on any atom is -0.508 e. The summed E-state index contributed by atoms with van der Waals surface area (Å²) in [6, 6.07) is 9.20. The number of pyridine rings is 1. The average Bonchev–Trinajstić information content (AvgIpc) is 2.43. The van der Waals surface area contributed by atoms with Crippen molar-refractivity contribution in [1.29, 1.82) is 0 Å². The SMILES string of the molecule is Cn1cc(NC2CCCc3cc(O)ccc32)ccc1=O. The highest BCUT2D eigenvalue weighted by Crippen LogP contribution is 2.33. The Morgan fingerprint density at radius 3 is 2.95 bits per heavy atom. The number of aromatic nitrogens is 1. The maximum absolute atomic E-state index is 11.4. The lowest BCUT2D eigenvalue weighted by Crippen LogP contribution is -2.20. The molecule has 0 saturated carbocycles. The summed E-state index contributed by atoms with van der Waals surface area (Å²) in [5, 5.41) is 13.1. The number of phenolic OH excluding ortho intramolecular Hbond substituents is 1. The summed E-state index contributed by atoms with van der Waals surface area (Å²) in [6.07, 6.45) is 4.98. The van der Waals surface area contributed by atoms with E-state index in [4.69, 9.17) is 0 Å². The van der Waals surface area contributed by atoms with E-state index >= 15 is 0 Å². The van der Waals surface area contributed by atoms with Crippen molar-refractivity contribution in [2.45, 2.75) is 25.3 Å². The number of nitrogens with one attached hydrogen (secondary N) is 1. The third-order valence-corrected chi connectivity index (χ3v) is 3.87. The highest BCUT2D eigenvalue weighted by Gasteiger charge is 2.20. The van der Waals surface area contributed by atoms with E-state index in [0.717, 1.165) is 24.9 Å². The van der Waals surface area contributed by atoms with Gasteiger partial charge in [0.1, 0.15) is 5.75 Å². The van der Waals surface area contributed by atoms with Crippen molar-refractivity contribution in [1.82, 2.24) is 4.57 Å². The summed E-state index contributed by atoms with van der Waals surface area (Å²) in [4.78, 5) is 11.4. The summed E-state index contributed by atoms with van der Waals surface area (Å²) in [6.45, 7) is 0. The van der Waals surface area contributed by atoms with Crippen molar-refractivity contribution < 1.29 is 5.11 Å². The van der Waals surface area contributed by atoms with Gasteiger partial charge in [0.05, 0.1) is 11.7 Å². The predicted octanol–water partition coefficient (Wildman–Crippen LogP) is 2.58. The van der Waals surface area contributed by atoms with E-state index in [0.29, 0.717) is 5.75 Å². The quantitative estimate of drug-likeness (QED) is 0.882. The second-order valence-corrected chi connectivity index (χ2v) is 5.34. The summed E-state index contributed by atoms with van der Waals surface area (Å²) < 4.78 is 1.57. The fourth-order valence-electron chi connectivity index (χ4n) is 2.83. The molecule has 0 fully saturated rings. The van der Waals surface area contributed by atoms with Crippen LogP contribution in [0.15, 0.2) is 41.3 Å². The smallest absolute Gasteiger partial charge is 0.250 e. The fourth-order valence-corrected chi connectivity index (χ4v) is 2.83. The zero-order valence-electron chi connectivity index (χ0n) is 11.5. The van der Waals surface area contributed by atoms with Crippen LogP contribution in [0.5, 0.6) is 5.75 Å². The van der Waals surface area contributed by atoms with Crippen molar-refractivity contribution in [2.24, 2.45) is 7.05 Å². The van der Waals surface area contributed by atoms with Crippen LogP contribution in [0.1, 0.15) is 30.0 Å². The first-order chi connectivity index (χ1) is 9.63. The second-order valence-electron chi connectivity index (χ2n) is 5.34. The molecule has 1 aromatic carbocycles. The molecule has 104 valence electrons. The molecular formula is C16H18N2O2. The van der Waals surface area contributed by atoms with E-state index in [9.17, 15) is 9.90 Å². The van der Waals surface area contributed by atoms with Crippen LogP contribution in [-0.4, -0.2) is 9.67 Å². The van der Waals surface area contributed by atoms with E-state index < -0.39 is 0 Å². The van der Waals surface area contributed by atoms with Crippen LogP contribution < -0.4 is 10.9 Å². The largest absolute Gasteiger partial charge is 0.508 e. The molecule has 1 aliphatic rings. The number of aromatic hydroxyl groups is 1. The van der Waals surface area contributed by atoms with Crippen LogP contribution in [0, 0.1) is 0 Å². The normalized spacial score (nSPS) is 17.6. The van der Waals surface area contributed by atoms with Gasteiger partial charge in [0.25, 0.3) is 0 Å². The molecular weight excluding hydrogens is 252 g/mol. The van der Waals surface area contributed by atoms with Crippen molar-refractivity contribution >= 4 is 5.69 Å². The molecule has 4 nitrogen and oxygen atoms in total. The number of hydrogen-bond acceptors (Lipinski definition) is 3. The summed E-state index contributed by atoms with van der Waals surface area (Å²) in [5.74, 6) is 0.325. The Morgan fingerprint density at radius 2 is 2.15 bits per heavy atom. The monoisotopic (exact) mass is 270 g/mol. The molecule has 0 spiro atoms. The molecule has 20 heavy (non-hydrogen) atoms. The zero-order valence-corrected chi connectivity index (χ0v) is 11.5. The van der Waals surface area contributed by atoms with Gasteiger partial charge in [-0.3, -0.25) is 4.79 Å². The van der Waals surface area contributed by atoms with Gasteiger partial charge in [0.15, 0.2) is 0 Å². The summed E-state index contributed by atoms with van der Waals surface area (Å²) in [7, 11) is 1.75. The summed E-state index contributed by atoms with van der Waals surface area (Å²) in [5.41, 5.74) is 3.38. The first-order valence-electron chi connectivity index (χ1n) is 6.88. The van der Waals surface area contributed by atoms with Crippen molar-refractivity contribution in [3.63, 3.8) is 0 Å².